The lowest BCUT2D eigenvalue weighted by Crippen LogP contribution is -2.17. The molecule has 4 nitrogen and oxygen atoms in total. The van der Waals surface area contributed by atoms with E-state index in [0.717, 1.165) is 0 Å². The van der Waals surface area contributed by atoms with Crippen LogP contribution >= 0.6 is 0 Å². The number of nitrogens with one attached hydrogen (secondary N) is 1. The molecule has 1 amide bonds. The molecule has 0 atom stereocenters. The van der Waals surface area contributed by atoms with E-state index in [4.69, 9.17) is 0 Å². The van der Waals surface area contributed by atoms with Crippen molar-refractivity contribution in [2.24, 2.45) is 5.92 Å². The lowest BCUT2D eigenvalue weighted by Gasteiger charge is -2.08. The van der Waals surface area contributed by atoms with Gasteiger partial charge in [-0.25, -0.2) is 0 Å². The summed E-state index contributed by atoms with van der Waals surface area (Å²) in [5.74, 6) is -0.161. The summed E-state index contributed by atoms with van der Waals surface area (Å²) in [7, 11) is 3.71. The van der Waals surface area contributed by atoms with Crippen LogP contribution in [0.3, 0.4) is 0 Å². The molecule has 0 fully saturated rings. The van der Waals surface area contributed by atoms with Gasteiger partial charge in [-0.1, -0.05) is 13.8 Å². The fourth-order valence-corrected chi connectivity index (χ4v) is 1.32. The molecule has 0 aliphatic rings. The molecule has 102 valence electrons. The highest BCUT2D eigenvalue weighted by molar-refractivity contribution is 6.04. The van der Waals surface area contributed by atoms with E-state index in [0.29, 0.717) is 11.3 Å². The van der Waals surface area contributed by atoms with Crippen LogP contribution in [0.25, 0.3) is 0 Å². The minimum absolute atomic E-state index is 0.0356. The smallest absolute Gasteiger partial charge is 0.226 e. The number of anilines is 1. The molecule has 0 unspecified atom stereocenters. The van der Waals surface area contributed by atoms with E-state index in [1.807, 2.05) is 27.9 Å². The summed E-state index contributed by atoms with van der Waals surface area (Å²) >= 11 is 0. The second-order valence-electron chi connectivity index (χ2n) is 4.86. The van der Waals surface area contributed by atoms with Crippen molar-refractivity contribution < 1.29 is 9.59 Å². The molecule has 0 aromatic heterocycles. The molecule has 4 heteroatoms. The first-order valence-corrected chi connectivity index (χ1v) is 6.20. The summed E-state index contributed by atoms with van der Waals surface area (Å²) in [4.78, 5) is 25.1. The molecule has 0 bridgehead atoms. The monoisotopic (exact) mass is 260 g/mol. The third kappa shape index (κ3) is 4.95. The minimum atomic E-state index is -0.0654. The number of carbonyl (C=O) groups is 2. The van der Waals surface area contributed by atoms with Gasteiger partial charge in [-0.2, -0.15) is 0 Å². The molecule has 1 N–H and O–H groups in total. The molecular weight excluding hydrogens is 240 g/mol. The lowest BCUT2D eigenvalue weighted by molar-refractivity contribution is -0.118. The number of nitrogens with zero attached hydrogens (tertiary/aromatic N) is 1. The van der Waals surface area contributed by atoms with Crippen molar-refractivity contribution in [2.45, 2.75) is 13.8 Å². The second kappa shape index (κ2) is 6.73. The summed E-state index contributed by atoms with van der Waals surface area (Å²) in [5, 5.41) is 2.78. The van der Waals surface area contributed by atoms with Crippen LogP contribution in [0.1, 0.15) is 24.2 Å². The summed E-state index contributed by atoms with van der Waals surface area (Å²) in [6.07, 6.45) is 3.22. The van der Waals surface area contributed by atoms with Crippen molar-refractivity contribution in [3.05, 3.63) is 42.1 Å². The van der Waals surface area contributed by atoms with Gasteiger partial charge in [0.1, 0.15) is 0 Å². The molecule has 1 rings (SSSR count). The number of ketones is 1. The molecule has 19 heavy (non-hydrogen) atoms. The van der Waals surface area contributed by atoms with Crippen molar-refractivity contribution in [3.63, 3.8) is 0 Å². The number of benzene rings is 1. The zero-order valence-electron chi connectivity index (χ0n) is 11.8. The molecule has 1 aromatic carbocycles. The quantitative estimate of drug-likeness (QED) is 0.654. The zero-order valence-corrected chi connectivity index (χ0v) is 11.8. The first kappa shape index (κ1) is 15.0. The van der Waals surface area contributed by atoms with Crippen LogP contribution in [0.4, 0.5) is 5.69 Å². The lowest BCUT2D eigenvalue weighted by atomic mass is 10.1. The molecule has 1 aromatic rings. The molecule has 0 aliphatic carbocycles. The Kier molecular flexibility index (Phi) is 5.30. The van der Waals surface area contributed by atoms with Gasteiger partial charge >= 0.3 is 0 Å². The van der Waals surface area contributed by atoms with Crippen molar-refractivity contribution in [1.29, 1.82) is 0 Å². The van der Waals surface area contributed by atoms with Crippen LogP contribution in [0, 0.1) is 5.92 Å². The Morgan fingerprint density at radius 3 is 2.21 bits per heavy atom. The van der Waals surface area contributed by atoms with Gasteiger partial charge in [0, 0.05) is 43.5 Å². The van der Waals surface area contributed by atoms with Crippen molar-refractivity contribution in [2.75, 3.05) is 19.4 Å². The SMILES string of the molecule is CC(C)C(=O)Nc1ccc(C(=O)/C=C/N(C)C)cc1. The van der Waals surface area contributed by atoms with Gasteiger partial charge in [0.2, 0.25) is 5.91 Å². The highest BCUT2D eigenvalue weighted by Gasteiger charge is 2.07. The van der Waals surface area contributed by atoms with Gasteiger partial charge in [0.15, 0.2) is 5.78 Å². The van der Waals surface area contributed by atoms with Crippen molar-refractivity contribution >= 4 is 17.4 Å². The van der Waals surface area contributed by atoms with Gasteiger partial charge < -0.3 is 10.2 Å². The Balaban J connectivity index is 2.71. The molecule has 0 aliphatic heterocycles. The molecule has 0 saturated carbocycles. The average molecular weight is 260 g/mol. The molecule has 0 heterocycles. The largest absolute Gasteiger partial charge is 0.383 e. The first-order valence-electron chi connectivity index (χ1n) is 6.20. The molecule has 0 saturated heterocycles. The summed E-state index contributed by atoms with van der Waals surface area (Å²) in [5.41, 5.74) is 1.30. The number of carbonyl (C=O) groups excluding carboxylic acids is 2. The Labute approximate surface area is 114 Å². The maximum Gasteiger partial charge on any atom is 0.226 e. The maximum atomic E-state index is 11.8. The van der Waals surface area contributed by atoms with Crippen LogP contribution in [0.5, 0.6) is 0 Å². The van der Waals surface area contributed by atoms with Gasteiger partial charge in [-0.15, -0.1) is 0 Å². The fourth-order valence-electron chi connectivity index (χ4n) is 1.32. The van der Waals surface area contributed by atoms with Gasteiger partial charge in [0.25, 0.3) is 0 Å². The Morgan fingerprint density at radius 1 is 1.16 bits per heavy atom. The maximum absolute atomic E-state index is 11.8. The Bertz CT molecular complexity index is 473. The summed E-state index contributed by atoms with van der Waals surface area (Å²) in [6, 6.07) is 6.88. The summed E-state index contributed by atoms with van der Waals surface area (Å²) < 4.78 is 0. The van der Waals surface area contributed by atoms with E-state index in [1.165, 1.54) is 6.08 Å². The van der Waals surface area contributed by atoms with Crippen LogP contribution in [0.2, 0.25) is 0 Å². The van der Waals surface area contributed by atoms with Gasteiger partial charge in [0.05, 0.1) is 0 Å². The van der Waals surface area contributed by atoms with Crippen LogP contribution < -0.4 is 5.32 Å². The summed E-state index contributed by atoms with van der Waals surface area (Å²) in [6.45, 7) is 3.67. The van der Waals surface area contributed by atoms with Crippen molar-refractivity contribution in [1.82, 2.24) is 4.90 Å². The number of hydrogen-bond donors (Lipinski definition) is 1. The van der Waals surface area contributed by atoms with Crippen molar-refractivity contribution in [3.8, 4) is 0 Å². The van der Waals surface area contributed by atoms with Crippen LogP contribution in [0.15, 0.2) is 36.5 Å². The highest BCUT2D eigenvalue weighted by Crippen LogP contribution is 2.11. The fraction of sp³-hybridized carbons (Fsp3) is 0.333. The minimum Gasteiger partial charge on any atom is -0.383 e. The number of amides is 1. The topological polar surface area (TPSA) is 49.4 Å². The molecule has 0 radical (unpaired) electrons. The Hall–Kier alpha value is -2.10. The highest BCUT2D eigenvalue weighted by atomic mass is 16.1. The van der Waals surface area contributed by atoms with E-state index in [9.17, 15) is 9.59 Å². The average Bonchev–Trinajstić information content (AvgIpc) is 2.36. The number of rotatable bonds is 5. The Morgan fingerprint density at radius 2 is 1.74 bits per heavy atom. The van der Waals surface area contributed by atoms with E-state index in [2.05, 4.69) is 5.32 Å². The van der Waals surface area contributed by atoms with E-state index < -0.39 is 0 Å². The van der Waals surface area contributed by atoms with E-state index >= 15 is 0 Å². The second-order valence-corrected chi connectivity index (χ2v) is 4.86. The standard InChI is InChI=1S/C15H20N2O2/c1-11(2)15(19)16-13-7-5-12(6-8-13)14(18)9-10-17(3)4/h5-11H,1-4H3,(H,16,19)/b10-9+. The number of hydrogen-bond acceptors (Lipinski definition) is 3. The van der Waals surface area contributed by atoms with E-state index in [1.54, 1.807) is 35.4 Å². The third-order valence-corrected chi connectivity index (χ3v) is 2.49. The van der Waals surface area contributed by atoms with E-state index in [-0.39, 0.29) is 17.6 Å². The predicted molar refractivity (Wildman–Crippen MR) is 77.1 cm³/mol. The zero-order chi connectivity index (χ0) is 14.4. The third-order valence-electron chi connectivity index (χ3n) is 2.49. The first-order chi connectivity index (χ1) is 8.90. The predicted octanol–water partition coefficient (Wildman–Crippen LogP) is 2.54. The molecular formula is C15H20N2O2. The van der Waals surface area contributed by atoms with Crippen LogP contribution in [-0.4, -0.2) is 30.7 Å². The van der Waals surface area contributed by atoms with Gasteiger partial charge in [-0.3, -0.25) is 9.59 Å². The molecule has 0 spiro atoms. The van der Waals surface area contributed by atoms with Gasteiger partial charge in [-0.05, 0) is 24.3 Å². The van der Waals surface area contributed by atoms with Crippen LogP contribution in [-0.2, 0) is 4.79 Å². The number of allylic oxidation sites excluding steroid dienone is 1. The normalized spacial score (nSPS) is 10.8.